The van der Waals surface area contributed by atoms with E-state index < -0.39 is 0 Å². The zero-order valence-corrected chi connectivity index (χ0v) is 12.2. The number of hydrogen-bond acceptors (Lipinski definition) is 2. The maximum Gasteiger partial charge on any atom is 0.251 e. The van der Waals surface area contributed by atoms with Gasteiger partial charge in [-0.3, -0.25) is 9.78 Å². The molecule has 0 aliphatic heterocycles. The van der Waals surface area contributed by atoms with Gasteiger partial charge in [-0.05, 0) is 43.5 Å². The number of amides is 1. The molecule has 0 radical (unpaired) electrons. The molecule has 1 aromatic carbocycles. The lowest BCUT2D eigenvalue weighted by Gasteiger charge is -2.09. The maximum atomic E-state index is 12.1. The zero-order chi connectivity index (χ0) is 14.5. The molecular weight excluding hydrogens is 248 g/mol. The molecule has 104 valence electrons. The summed E-state index contributed by atoms with van der Waals surface area (Å²) in [7, 11) is 0. The predicted octanol–water partition coefficient (Wildman–Crippen LogP) is 2.98. The van der Waals surface area contributed by atoms with Crippen LogP contribution in [0.4, 0.5) is 0 Å². The SMILES string of the molecule is Cc1cnc(CCNC(=O)c2ccccc2C)c(C)c1. The summed E-state index contributed by atoms with van der Waals surface area (Å²) in [5.74, 6) is -0.0205. The first kappa shape index (κ1) is 14.3. The average Bonchev–Trinajstić information content (AvgIpc) is 2.41. The standard InChI is InChI=1S/C17H20N2O/c1-12-10-14(3)16(19-11-12)8-9-18-17(20)15-7-5-4-6-13(15)2/h4-7,10-11H,8-9H2,1-3H3,(H,18,20). The molecule has 0 bridgehead atoms. The molecule has 1 amide bonds. The number of aryl methyl sites for hydroxylation is 3. The van der Waals surface area contributed by atoms with Crippen molar-refractivity contribution in [1.82, 2.24) is 10.3 Å². The molecule has 0 spiro atoms. The van der Waals surface area contributed by atoms with Gasteiger partial charge >= 0.3 is 0 Å². The van der Waals surface area contributed by atoms with Gasteiger partial charge in [0.05, 0.1) is 0 Å². The van der Waals surface area contributed by atoms with Gasteiger partial charge in [0, 0.05) is 30.4 Å². The highest BCUT2D eigenvalue weighted by Gasteiger charge is 2.08. The number of benzene rings is 1. The Morgan fingerprint density at radius 1 is 1.15 bits per heavy atom. The fraction of sp³-hybridized carbons (Fsp3) is 0.294. The lowest BCUT2D eigenvalue weighted by molar-refractivity contribution is 0.0953. The molecule has 0 saturated carbocycles. The lowest BCUT2D eigenvalue weighted by atomic mass is 10.1. The van der Waals surface area contributed by atoms with E-state index in [0.717, 1.165) is 28.8 Å². The Balaban J connectivity index is 1.93. The minimum atomic E-state index is -0.0205. The van der Waals surface area contributed by atoms with E-state index in [2.05, 4.69) is 23.3 Å². The van der Waals surface area contributed by atoms with Gasteiger partial charge in [0.25, 0.3) is 5.91 Å². The Hall–Kier alpha value is -2.16. The van der Waals surface area contributed by atoms with Crippen LogP contribution in [0.3, 0.4) is 0 Å². The van der Waals surface area contributed by atoms with Crippen LogP contribution in [-0.4, -0.2) is 17.4 Å². The van der Waals surface area contributed by atoms with E-state index in [0.29, 0.717) is 6.54 Å². The molecule has 3 nitrogen and oxygen atoms in total. The van der Waals surface area contributed by atoms with Gasteiger partial charge in [-0.2, -0.15) is 0 Å². The Kier molecular flexibility index (Phi) is 4.51. The molecule has 0 fully saturated rings. The molecule has 1 N–H and O–H groups in total. The molecule has 0 aliphatic rings. The second-order valence-corrected chi connectivity index (χ2v) is 5.10. The fourth-order valence-electron chi connectivity index (χ4n) is 2.22. The maximum absolute atomic E-state index is 12.1. The third-order valence-electron chi connectivity index (χ3n) is 3.36. The molecule has 0 aliphatic carbocycles. The van der Waals surface area contributed by atoms with Crippen LogP contribution in [0.5, 0.6) is 0 Å². The van der Waals surface area contributed by atoms with Crippen LogP contribution in [0.1, 0.15) is 32.7 Å². The highest BCUT2D eigenvalue weighted by molar-refractivity contribution is 5.95. The van der Waals surface area contributed by atoms with Crippen molar-refractivity contribution < 1.29 is 4.79 Å². The van der Waals surface area contributed by atoms with Crippen LogP contribution in [0.15, 0.2) is 36.5 Å². The molecular formula is C17H20N2O. The number of aromatic nitrogens is 1. The van der Waals surface area contributed by atoms with Crippen LogP contribution >= 0.6 is 0 Å². The molecule has 2 rings (SSSR count). The van der Waals surface area contributed by atoms with Crippen LogP contribution in [0.25, 0.3) is 0 Å². The first-order chi connectivity index (χ1) is 9.58. The second-order valence-electron chi connectivity index (χ2n) is 5.10. The van der Waals surface area contributed by atoms with Gasteiger partial charge in [0.1, 0.15) is 0 Å². The third-order valence-corrected chi connectivity index (χ3v) is 3.36. The van der Waals surface area contributed by atoms with Crippen molar-refractivity contribution in [1.29, 1.82) is 0 Å². The molecule has 1 aromatic heterocycles. The molecule has 2 aromatic rings. The topological polar surface area (TPSA) is 42.0 Å². The third kappa shape index (κ3) is 3.44. The number of hydrogen-bond donors (Lipinski definition) is 1. The van der Waals surface area contributed by atoms with Gasteiger partial charge in [0.2, 0.25) is 0 Å². The largest absolute Gasteiger partial charge is 0.352 e. The van der Waals surface area contributed by atoms with E-state index in [-0.39, 0.29) is 5.91 Å². The van der Waals surface area contributed by atoms with E-state index in [1.54, 1.807) is 0 Å². The fourth-order valence-corrected chi connectivity index (χ4v) is 2.22. The minimum Gasteiger partial charge on any atom is -0.352 e. The van der Waals surface area contributed by atoms with E-state index in [1.807, 2.05) is 44.3 Å². The number of rotatable bonds is 4. The minimum absolute atomic E-state index is 0.0205. The summed E-state index contributed by atoms with van der Waals surface area (Å²) in [4.78, 5) is 16.5. The van der Waals surface area contributed by atoms with Crippen molar-refractivity contribution in [3.63, 3.8) is 0 Å². The number of nitrogens with zero attached hydrogens (tertiary/aromatic N) is 1. The number of nitrogens with one attached hydrogen (secondary N) is 1. The summed E-state index contributed by atoms with van der Waals surface area (Å²) in [6.07, 6.45) is 2.62. The smallest absolute Gasteiger partial charge is 0.251 e. The molecule has 0 saturated heterocycles. The first-order valence-corrected chi connectivity index (χ1v) is 6.84. The molecule has 0 atom stereocenters. The van der Waals surface area contributed by atoms with E-state index in [4.69, 9.17) is 0 Å². The summed E-state index contributed by atoms with van der Waals surface area (Å²) in [5.41, 5.74) is 5.11. The van der Waals surface area contributed by atoms with Crippen molar-refractivity contribution in [3.05, 3.63) is 64.5 Å². The summed E-state index contributed by atoms with van der Waals surface area (Å²) in [6.45, 7) is 6.63. The average molecular weight is 268 g/mol. The van der Waals surface area contributed by atoms with Crippen LogP contribution in [-0.2, 0) is 6.42 Å². The summed E-state index contributed by atoms with van der Waals surface area (Å²) in [6, 6.07) is 9.73. The van der Waals surface area contributed by atoms with Gasteiger partial charge in [0.15, 0.2) is 0 Å². The summed E-state index contributed by atoms with van der Waals surface area (Å²) < 4.78 is 0. The van der Waals surface area contributed by atoms with Crippen molar-refractivity contribution in [2.75, 3.05) is 6.54 Å². The number of carbonyl (C=O) groups excluding carboxylic acids is 1. The van der Waals surface area contributed by atoms with Crippen molar-refractivity contribution in [2.45, 2.75) is 27.2 Å². The van der Waals surface area contributed by atoms with E-state index in [9.17, 15) is 4.79 Å². The number of pyridine rings is 1. The van der Waals surface area contributed by atoms with Crippen molar-refractivity contribution >= 4 is 5.91 Å². The zero-order valence-electron chi connectivity index (χ0n) is 12.2. The van der Waals surface area contributed by atoms with Crippen molar-refractivity contribution in [2.24, 2.45) is 0 Å². The molecule has 3 heteroatoms. The monoisotopic (exact) mass is 268 g/mol. The number of carbonyl (C=O) groups is 1. The lowest BCUT2D eigenvalue weighted by Crippen LogP contribution is -2.26. The van der Waals surface area contributed by atoms with Gasteiger partial charge in [-0.15, -0.1) is 0 Å². The highest BCUT2D eigenvalue weighted by atomic mass is 16.1. The molecule has 1 heterocycles. The van der Waals surface area contributed by atoms with Crippen molar-refractivity contribution in [3.8, 4) is 0 Å². The van der Waals surface area contributed by atoms with Crippen LogP contribution < -0.4 is 5.32 Å². The Bertz CT molecular complexity index is 620. The van der Waals surface area contributed by atoms with Gasteiger partial charge in [-0.25, -0.2) is 0 Å². The normalized spacial score (nSPS) is 10.3. The predicted molar refractivity (Wildman–Crippen MR) is 80.9 cm³/mol. The highest BCUT2D eigenvalue weighted by Crippen LogP contribution is 2.08. The van der Waals surface area contributed by atoms with Gasteiger partial charge in [-0.1, -0.05) is 24.3 Å². The van der Waals surface area contributed by atoms with Crippen LogP contribution in [0.2, 0.25) is 0 Å². The van der Waals surface area contributed by atoms with E-state index in [1.165, 1.54) is 5.56 Å². The second kappa shape index (κ2) is 6.33. The molecule has 0 unspecified atom stereocenters. The first-order valence-electron chi connectivity index (χ1n) is 6.84. The van der Waals surface area contributed by atoms with E-state index >= 15 is 0 Å². The Labute approximate surface area is 120 Å². The summed E-state index contributed by atoms with van der Waals surface area (Å²) in [5, 5.41) is 2.95. The quantitative estimate of drug-likeness (QED) is 0.926. The van der Waals surface area contributed by atoms with Crippen LogP contribution in [0, 0.1) is 20.8 Å². The Morgan fingerprint density at radius 3 is 2.60 bits per heavy atom. The Morgan fingerprint density at radius 2 is 1.90 bits per heavy atom. The summed E-state index contributed by atoms with van der Waals surface area (Å²) >= 11 is 0. The molecule has 20 heavy (non-hydrogen) atoms. The van der Waals surface area contributed by atoms with Gasteiger partial charge < -0.3 is 5.32 Å².